The van der Waals surface area contributed by atoms with Crippen molar-refractivity contribution >= 4 is 15.9 Å². The standard InChI is InChI=1S/C21H33N3O3S/c1-17-14-18(2)16-24(15-17)28(26,27)20-8-6-19(7-9-20)21(25)22-10-5-13-23-11-3-4-12-23/h6-9,17-18H,3-5,10-16H2,1-2H3,(H,22,25)/t17-,18-/m0/s1. The molecule has 0 unspecified atom stereocenters. The second-order valence-electron chi connectivity index (χ2n) is 8.45. The molecule has 0 saturated carbocycles. The minimum absolute atomic E-state index is 0.148. The zero-order valence-corrected chi connectivity index (χ0v) is 17.9. The van der Waals surface area contributed by atoms with Crippen LogP contribution in [0.3, 0.4) is 0 Å². The highest BCUT2D eigenvalue weighted by atomic mass is 32.2. The lowest BCUT2D eigenvalue weighted by Gasteiger charge is -2.34. The van der Waals surface area contributed by atoms with Crippen LogP contribution in [-0.4, -0.2) is 62.8 Å². The highest BCUT2D eigenvalue weighted by molar-refractivity contribution is 7.89. The van der Waals surface area contributed by atoms with Gasteiger partial charge in [0.15, 0.2) is 0 Å². The first-order valence-corrected chi connectivity index (χ1v) is 11.9. The highest BCUT2D eigenvalue weighted by Gasteiger charge is 2.31. The van der Waals surface area contributed by atoms with Crippen molar-refractivity contribution in [3.05, 3.63) is 29.8 Å². The third kappa shape index (κ3) is 5.33. The number of hydrogen-bond donors (Lipinski definition) is 1. The second kappa shape index (κ2) is 9.37. The van der Waals surface area contributed by atoms with Gasteiger partial charge in [0.2, 0.25) is 10.0 Å². The smallest absolute Gasteiger partial charge is 0.251 e. The summed E-state index contributed by atoms with van der Waals surface area (Å²) in [6.07, 6.45) is 4.54. The van der Waals surface area contributed by atoms with Crippen molar-refractivity contribution < 1.29 is 13.2 Å². The Balaban J connectivity index is 1.54. The molecule has 1 aromatic rings. The molecule has 6 nitrogen and oxygen atoms in total. The molecule has 0 radical (unpaired) electrons. The molecule has 2 saturated heterocycles. The molecule has 0 spiro atoms. The zero-order chi connectivity index (χ0) is 20.1. The van der Waals surface area contributed by atoms with Crippen LogP contribution in [-0.2, 0) is 10.0 Å². The molecule has 1 aromatic carbocycles. The van der Waals surface area contributed by atoms with Gasteiger partial charge >= 0.3 is 0 Å². The number of carbonyl (C=O) groups excluding carboxylic acids is 1. The van der Waals surface area contributed by atoms with Gasteiger partial charge in [-0.3, -0.25) is 4.79 Å². The number of benzene rings is 1. The van der Waals surface area contributed by atoms with E-state index in [-0.39, 0.29) is 10.8 Å². The van der Waals surface area contributed by atoms with Crippen LogP contribution in [0, 0.1) is 11.8 Å². The van der Waals surface area contributed by atoms with E-state index in [9.17, 15) is 13.2 Å². The van der Waals surface area contributed by atoms with Crippen LogP contribution in [0.4, 0.5) is 0 Å². The van der Waals surface area contributed by atoms with Crippen LogP contribution in [0.5, 0.6) is 0 Å². The van der Waals surface area contributed by atoms with Gasteiger partial charge in [-0.25, -0.2) is 8.42 Å². The van der Waals surface area contributed by atoms with Gasteiger partial charge in [0.25, 0.3) is 5.91 Å². The third-order valence-corrected chi connectivity index (χ3v) is 7.57. The summed E-state index contributed by atoms with van der Waals surface area (Å²) in [6.45, 7) is 9.29. The molecule has 0 aliphatic carbocycles. The number of amides is 1. The maximum atomic E-state index is 12.9. The number of nitrogens with one attached hydrogen (secondary N) is 1. The first-order valence-electron chi connectivity index (χ1n) is 10.5. The van der Waals surface area contributed by atoms with E-state index >= 15 is 0 Å². The number of piperidine rings is 1. The molecule has 2 aliphatic heterocycles. The molecule has 28 heavy (non-hydrogen) atoms. The van der Waals surface area contributed by atoms with E-state index in [0.717, 1.165) is 19.4 Å². The van der Waals surface area contributed by atoms with Gasteiger partial charge in [-0.2, -0.15) is 4.31 Å². The van der Waals surface area contributed by atoms with Crippen LogP contribution in [0.1, 0.15) is 49.9 Å². The second-order valence-corrected chi connectivity index (χ2v) is 10.4. The largest absolute Gasteiger partial charge is 0.352 e. The van der Waals surface area contributed by atoms with Crippen molar-refractivity contribution in [3.8, 4) is 0 Å². The SMILES string of the molecule is C[C@H]1C[C@H](C)CN(S(=O)(=O)c2ccc(C(=O)NCCCN3CCCC3)cc2)C1. The fraction of sp³-hybridized carbons (Fsp3) is 0.667. The maximum Gasteiger partial charge on any atom is 0.251 e. The number of nitrogens with zero attached hydrogens (tertiary/aromatic N) is 2. The van der Waals surface area contributed by atoms with Crippen LogP contribution >= 0.6 is 0 Å². The van der Waals surface area contributed by atoms with Crippen molar-refractivity contribution in [1.29, 1.82) is 0 Å². The summed E-state index contributed by atoms with van der Waals surface area (Å²) >= 11 is 0. The topological polar surface area (TPSA) is 69.7 Å². The summed E-state index contributed by atoms with van der Waals surface area (Å²) in [5.74, 6) is 0.582. The molecule has 1 N–H and O–H groups in total. The first-order chi connectivity index (χ1) is 13.4. The molecule has 7 heteroatoms. The Hall–Kier alpha value is -1.44. The Morgan fingerprint density at radius 1 is 1.07 bits per heavy atom. The summed E-state index contributed by atoms with van der Waals surface area (Å²) in [5, 5.41) is 2.93. The fourth-order valence-electron chi connectivity index (χ4n) is 4.34. The summed E-state index contributed by atoms with van der Waals surface area (Å²) in [6, 6.07) is 6.33. The number of hydrogen-bond acceptors (Lipinski definition) is 4. The monoisotopic (exact) mass is 407 g/mol. The van der Waals surface area contributed by atoms with Crippen LogP contribution in [0.15, 0.2) is 29.2 Å². The molecule has 3 rings (SSSR count). The average Bonchev–Trinajstić information content (AvgIpc) is 3.18. The highest BCUT2D eigenvalue weighted by Crippen LogP contribution is 2.26. The number of sulfonamides is 1. The molecule has 1 amide bonds. The Kier molecular flexibility index (Phi) is 7.12. The van der Waals surface area contributed by atoms with Crippen molar-refractivity contribution in [2.75, 3.05) is 39.3 Å². The van der Waals surface area contributed by atoms with E-state index in [4.69, 9.17) is 0 Å². The Bertz CT molecular complexity index is 748. The molecule has 0 bridgehead atoms. The quantitative estimate of drug-likeness (QED) is 0.706. The third-order valence-electron chi connectivity index (χ3n) is 5.72. The zero-order valence-electron chi connectivity index (χ0n) is 17.1. The van der Waals surface area contributed by atoms with E-state index in [1.54, 1.807) is 28.6 Å². The lowest BCUT2D eigenvalue weighted by Crippen LogP contribution is -2.42. The van der Waals surface area contributed by atoms with E-state index < -0.39 is 10.0 Å². The van der Waals surface area contributed by atoms with E-state index in [0.29, 0.717) is 37.0 Å². The Morgan fingerprint density at radius 2 is 1.68 bits per heavy atom. The van der Waals surface area contributed by atoms with Crippen LogP contribution < -0.4 is 5.32 Å². The van der Waals surface area contributed by atoms with Gasteiger partial charge in [-0.05, 0) is 81.4 Å². The Morgan fingerprint density at radius 3 is 2.29 bits per heavy atom. The van der Waals surface area contributed by atoms with Crippen molar-refractivity contribution in [2.24, 2.45) is 11.8 Å². The summed E-state index contributed by atoms with van der Waals surface area (Å²) in [5.41, 5.74) is 0.500. The minimum atomic E-state index is -3.50. The lowest BCUT2D eigenvalue weighted by atomic mass is 9.94. The van der Waals surface area contributed by atoms with Gasteiger partial charge in [-0.15, -0.1) is 0 Å². The molecule has 156 valence electrons. The molecule has 2 atom stereocenters. The first kappa shape index (κ1) is 21.3. The summed E-state index contributed by atoms with van der Waals surface area (Å²) < 4.78 is 27.4. The van der Waals surface area contributed by atoms with Crippen LogP contribution in [0.25, 0.3) is 0 Å². The molecular weight excluding hydrogens is 374 g/mol. The van der Waals surface area contributed by atoms with E-state index in [1.165, 1.54) is 25.9 Å². The predicted molar refractivity (Wildman–Crippen MR) is 111 cm³/mol. The Labute approximate surface area is 169 Å². The number of rotatable bonds is 7. The molecular formula is C21H33N3O3S. The predicted octanol–water partition coefficient (Wildman–Crippen LogP) is 2.57. The number of carbonyl (C=O) groups is 1. The molecule has 0 aromatic heterocycles. The van der Waals surface area contributed by atoms with Gasteiger partial charge in [-0.1, -0.05) is 13.8 Å². The van der Waals surface area contributed by atoms with E-state index in [1.807, 2.05) is 0 Å². The van der Waals surface area contributed by atoms with Gasteiger partial charge in [0, 0.05) is 25.2 Å². The van der Waals surface area contributed by atoms with Gasteiger partial charge in [0.05, 0.1) is 4.90 Å². The minimum Gasteiger partial charge on any atom is -0.352 e. The van der Waals surface area contributed by atoms with Gasteiger partial charge < -0.3 is 10.2 Å². The molecule has 2 aliphatic rings. The van der Waals surface area contributed by atoms with Crippen molar-refractivity contribution in [3.63, 3.8) is 0 Å². The van der Waals surface area contributed by atoms with Gasteiger partial charge in [0.1, 0.15) is 0 Å². The van der Waals surface area contributed by atoms with Crippen LogP contribution in [0.2, 0.25) is 0 Å². The normalized spacial score (nSPS) is 24.4. The van der Waals surface area contributed by atoms with Crippen molar-refractivity contribution in [1.82, 2.24) is 14.5 Å². The summed E-state index contributed by atoms with van der Waals surface area (Å²) in [7, 11) is -3.50. The van der Waals surface area contributed by atoms with Crippen molar-refractivity contribution in [2.45, 2.75) is 44.4 Å². The summed E-state index contributed by atoms with van der Waals surface area (Å²) in [4.78, 5) is 15.0. The molecule has 2 heterocycles. The van der Waals surface area contributed by atoms with E-state index in [2.05, 4.69) is 24.1 Å². The maximum absolute atomic E-state index is 12.9. The lowest BCUT2D eigenvalue weighted by molar-refractivity contribution is 0.0952. The fourth-order valence-corrected chi connectivity index (χ4v) is 6.02. The average molecular weight is 408 g/mol. The molecule has 2 fully saturated rings. The number of likely N-dealkylation sites (tertiary alicyclic amines) is 1.